The number of nitrogens with one attached hydrogen (secondary N) is 1. The van der Waals surface area contributed by atoms with Crippen LogP contribution in [0.4, 0.5) is 5.69 Å². The van der Waals surface area contributed by atoms with Crippen molar-refractivity contribution in [3.8, 4) is 5.75 Å². The molecule has 0 heterocycles. The molecule has 130 valence electrons. The lowest BCUT2D eigenvalue weighted by Gasteiger charge is -2.07. The molecule has 0 radical (unpaired) electrons. The third kappa shape index (κ3) is 6.08. The van der Waals surface area contributed by atoms with Crippen LogP contribution in [0.2, 0.25) is 0 Å². The van der Waals surface area contributed by atoms with E-state index in [2.05, 4.69) is 5.32 Å². The van der Waals surface area contributed by atoms with Crippen LogP contribution in [0.3, 0.4) is 0 Å². The number of methoxy groups -OCH3 is 1. The highest BCUT2D eigenvalue weighted by molar-refractivity contribution is 8.14. The third-order valence-corrected chi connectivity index (χ3v) is 4.23. The van der Waals surface area contributed by atoms with Gasteiger partial charge in [0.25, 0.3) is 0 Å². The van der Waals surface area contributed by atoms with E-state index in [0.29, 0.717) is 11.3 Å². The summed E-state index contributed by atoms with van der Waals surface area (Å²) in [6.07, 6.45) is 0.250. The van der Waals surface area contributed by atoms with Gasteiger partial charge in [-0.15, -0.1) is 0 Å². The highest BCUT2D eigenvalue weighted by Crippen LogP contribution is 2.15. The summed E-state index contributed by atoms with van der Waals surface area (Å²) >= 11 is 0.986. The zero-order chi connectivity index (χ0) is 18.2. The molecule has 0 aromatic heterocycles. The van der Waals surface area contributed by atoms with E-state index in [0.717, 1.165) is 23.1 Å². The minimum Gasteiger partial charge on any atom is -0.497 e. The molecule has 5 nitrogen and oxygen atoms in total. The molecule has 25 heavy (non-hydrogen) atoms. The molecule has 0 aliphatic heterocycles. The lowest BCUT2D eigenvalue weighted by Crippen LogP contribution is -2.14. The molecule has 0 spiro atoms. The minimum atomic E-state index is -0.142. The van der Waals surface area contributed by atoms with Crippen LogP contribution in [0.1, 0.15) is 22.8 Å². The number of thioether (sulfide) groups is 1. The van der Waals surface area contributed by atoms with E-state index < -0.39 is 0 Å². The van der Waals surface area contributed by atoms with Gasteiger partial charge >= 0.3 is 0 Å². The average molecular weight is 357 g/mol. The van der Waals surface area contributed by atoms with Crippen molar-refractivity contribution in [1.82, 2.24) is 0 Å². The molecule has 0 unspecified atom stereocenters. The van der Waals surface area contributed by atoms with Crippen LogP contribution in [0, 0.1) is 0 Å². The number of Topliss-reactive ketones (excluding diaryl/α,β-unsaturated/α-hetero) is 1. The zero-order valence-electron chi connectivity index (χ0n) is 14.1. The lowest BCUT2D eigenvalue weighted by molar-refractivity contribution is -0.115. The van der Waals surface area contributed by atoms with Gasteiger partial charge in [-0.05, 0) is 42.0 Å². The molecule has 1 amide bonds. The molecule has 0 aliphatic rings. The summed E-state index contributed by atoms with van der Waals surface area (Å²) in [7, 11) is 1.59. The molecule has 0 saturated carbocycles. The second-order valence-electron chi connectivity index (χ2n) is 5.35. The van der Waals surface area contributed by atoms with Crippen molar-refractivity contribution in [2.45, 2.75) is 13.3 Å². The molecule has 2 rings (SSSR count). The molecular formula is C19H19NO4S. The van der Waals surface area contributed by atoms with E-state index in [9.17, 15) is 14.4 Å². The van der Waals surface area contributed by atoms with E-state index in [1.165, 1.54) is 6.92 Å². The van der Waals surface area contributed by atoms with Gasteiger partial charge in [0, 0.05) is 18.2 Å². The molecule has 0 bridgehead atoms. The SMILES string of the molecule is COc1ccc(CC(=O)Nc2ccc(C(=O)CSC(C)=O)cc2)cc1. The summed E-state index contributed by atoms with van der Waals surface area (Å²) in [5, 5.41) is 2.71. The van der Waals surface area contributed by atoms with Crippen LogP contribution >= 0.6 is 11.8 Å². The monoisotopic (exact) mass is 357 g/mol. The number of rotatable bonds is 7. The molecule has 0 atom stereocenters. The minimum absolute atomic E-state index is 0.0873. The number of carbonyl (C=O) groups excluding carboxylic acids is 3. The third-order valence-electron chi connectivity index (χ3n) is 3.42. The second kappa shape index (κ2) is 9.03. The Hall–Kier alpha value is -2.60. The summed E-state index contributed by atoms with van der Waals surface area (Å²) in [5.41, 5.74) is 2.02. The van der Waals surface area contributed by atoms with Gasteiger partial charge in [0.15, 0.2) is 10.9 Å². The van der Waals surface area contributed by atoms with Gasteiger partial charge in [0.05, 0.1) is 19.3 Å². The smallest absolute Gasteiger partial charge is 0.228 e. The summed E-state index contributed by atoms with van der Waals surface area (Å²) in [6, 6.07) is 13.9. The van der Waals surface area contributed by atoms with Crippen LogP contribution in [0.25, 0.3) is 0 Å². The summed E-state index contributed by atoms with van der Waals surface area (Å²) in [5.74, 6) is 0.610. The van der Waals surface area contributed by atoms with Gasteiger partial charge in [-0.25, -0.2) is 0 Å². The van der Waals surface area contributed by atoms with E-state index in [-0.39, 0.29) is 29.0 Å². The Balaban J connectivity index is 1.90. The van der Waals surface area contributed by atoms with Gasteiger partial charge in [0.2, 0.25) is 5.91 Å². The largest absolute Gasteiger partial charge is 0.497 e. The number of ether oxygens (including phenoxy) is 1. The normalized spacial score (nSPS) is 10.2. The molecule has 6 heteroatoms. The van der Waals surface area contributed by atoms with Crippen LogP contribution < -0.4 is 10.1 Å². The van der Waals surface area contributed by atoms with Gasteiger partial charge in [0.1, 0.15) is 5.75 Å². The first kappa shape index (κ1) is 18.7. The highest BCUT2D eigenvalue weighted by atomic mass is 32.2. The van der Waals surface area contributed by atoms with Crippen molar-refractivity contribution in [3.63, 3.8) is 0 Å². The quantitative estimate of drug-likeness (QED) is 0.770. The Morgan fingerprint density at radius 1 is 1.00 bits per heavy atom. The predicted octanol–water partition coefficient (Wildman–Crippen LogP) is 3.34. The van der Waals surface area contributed by atoms with E-state index >= 15 is 0 Å². The van der Waals surface area contributed by atoms with Crippen molar-refractivity contribution in [3.05, 3.63) is 59.7 Å². The highest BCUT2D eigenvalue weighted by Gasteiger charge is 2.09. The number of hydrogen-bond acceptors (Lipinski definition) is 5. The zero-order valence-corrected chi connectivity index (χ0v) is 14.9. The first-order valence-corrected chi connectivity index (χ1v) is 8.66. The Bertz CT molecular complexity index is 754. The summed E-state index contributed by atoms with van der Waals surface area (Å²) in [6.45, 7) is 1.43. The van der Waals surface area contributed by atoms with E-state index in [1.807, 2.05) is 24.3 Å². The average Bonchev–Trinajstić information content (AvgIpc) is 2.61. The van der Waals surface area contributed by atoms with E-state index in [1.54, 1.807) is 31.4 Å². The first-order chi connectivity index (χ1) is 12.0. The van der Waals surface area contributed by atoms with Crippen LogP contribution in [0.5, 0.6) is 5.75 Å². The van der Waals surface area contributed by atoms with Crippen molar-refractivity contribution in [2.24, 2.45) is 0 Å². The Morgan fingerprint density at radius 2 is 1.64 bits per heavy atom. The van der Waals surface area contributed by atoms with Crippen LogP contribution in [-0.4, -0.2) is 29.7 Å². The van der Waals surface area contributed by atoms with Crippen molar-refractivity contribution < 1.29 is 19.1 Å². The molecule has 0 fully saturated rings. The Labute approximate surface area is 150 Å². The predicted molar refractivity (Wildman–Crippen MR) is 99.2 cm³/mol. The number of benzene rings is 2. The van der Waals surface area contributed by atoms with E-state index in [4.69, 9.17) is 4.74 Å². The van der Waals surface area contributed by atoms with Gasteiger partial charge in [-0.1, -0.05) is 23.9 Å². The maximum atomic E-state index is 12.1. The van der Waals surface area contributed by atoms with Crippen molar-refractivity contribution in [1.29, 1.82) is 0 Å². The van der Waals surface area contributed by atoms with Crippen LogP contribution in [0.15, 0.2) is 48.5 Å². The fourth-order valence-electron chi connectivity index (χ4n) is 2.12. The number of anilines is 1. The molecule has 1 N–H and O–H groups in total. The molecule has 2 aromatic carbocycles. The Kier molecular flexibility index (Phi) is 6.77. The number of carbonyl (C=O) groups is 3. The molecule has 2 aromatic rings. The topological polar surface area (TPSA) is 72.5 Å². The van der Waals surface area contributed by atoms with Crippen molar-refractivity contribution in [2.75, 3.05) is 18.2 Å². The summed E-state index contributed by atoms with van der Waals surface area (Å²) < 4.78 is 5.08. The van der Waals surface area contributed by atoms with Crippen molar-refractivity contribution >= 4 is 34.3 Å². The molecular weight excluding hydrogens is 338 g/mol. The molecule has 0 saturated heterocycles. The van der Waals surface area contributed by atoms with Gasteiger partial charge < -0.3 is 10.1 Å². The van der Waals surface area contributed by atoms with Crippen LogP contribution in [-0.2, 0) is 16.0 Å². The molecule has 0 aliphatic carbocycles. The second-order valence-corrected chi connectivity index (χ2v) is 6.51. The number of hydrogen-bond donors (Lipinski definition) is 1. The maximum absolute atomic E-state index is 12.1. The lowest BCUT2D eigenvalue weighted by atomic mass is 10.1. The van der Waals surface area contributed by atoms with Gasteiger partial charge in [-0.3, -0.25) is 14.4 Å². The van der Waals surface area contributed by atoms with Gasteiger partial charge in [-0.2, -0.15) is 0 Å². The standard InChI is InChI=1S/C19H19NO4S/c1-13(21)25-12-18(22)15-5-7-16(8-6-15)20-19(23)11-14-3-9-17(24-2)10-4-14/h3-10H,11-12H2,1-2H3,(H,20,23). The number of amides is 1. The Morgan fingerprint density at radius 3 is 2.20 bits per heavy atom. The maximum Gasteiger partial charge on any atom is 0.228 e. The fourth-order valence-corrected chi connectivity index (χ4v) is 2.62. The number of ketones is 1. The summed E-state index contributed by atoms with van der Waals surface area (Å²) in [4.78, 5) is 34.9. The first-order valence-electron chi connectivity index (χ1n) is 7.67. The fraction of sp³-hybridized carbons (Fsp3) is 0.211.